The van der Waals surface area contributed by atoms with Crippen molar-refractivity contribution in [2.75, 3.05) is 17.3 Å². The van der Waals surface area contributed by atoms with Gasteiger partial charge in [-0.3, -0.25) is 4.79 Å². The number of sulfone groups is 1. The first kappa shape index (κ1) is 20.6. The Hall–Kier alpha value is -1.08. The van der Waals surface area contributed by atoms with Crippen molar-refractivity contribution in [3.63, 3.8) is 0 Å². The summed E-state index contributed by atoms with van der Waals surface area (Å²) in [5, 5.41) is -0.129. The third-order valence-electron chi connectivity index (χ3n) is 5.66. The van der Waals surface area contributed by atoms with Gasteiger partial charge in [0.1, 0.15) is 5.82 Å². The molecule has 7 heteroatoms. The third-order valence-corrected chi connectivity index (χ3v) is 8.58. The average molecular weight is 414 g/mol. The van der Waals surface area contributed by atoms with Gasteiger partial charge in [0.05, 0.1) is 17.3 Å². The minimum Gasteiger partial charge on any atom is -0.335 e. The summed E-state index contributed by atoms with van der Waals surface area (Å²) in [6.45, 7) is 1.90. The molecule has 1 heterocycles. The zero-order valence-corrected chi connectivity index (χ0v) is 17.4. The Morgan fingerprint density at radius 2 is 1.89 bits per heavy atom. The number of halogens is 1. The first-order chi connectivity index (χ1) is 12.9. The lowest BCUT2D eigenvalue weighted by molar-refractivity contribution is -0.133. The van der Waals surface area contributed by atoms with Gasteiger partial charge in [0.2, 0.25) is 5.91 Å². The Labute approximate surface area is 165 Å². The zero-order chi connectivity index (χ0) is 19.4. The molecule has 0 radical (unpaired) electrons. The fourth-order valence-electron chi connectivity index (χ4n) is 4.22. The van der Waals surface area contributed by atoms with Crippen LogP contribution in [-0.4, -0.2) is 48.6 Å². The molecule has 1 aliphatic heterocycles. The van der Waals surface area contributed by atoms with Crippen LogP contribution in [-0.2, 0) is 14.6 Å². The second-order valence-corrected chi connectivity index (χ2v) is 11.2. The molecule has 1 aliphatic carbocycles. The van der Waals surface area contributed by atoms with Gasteiger partial charge >= 0.3 is 0 Å². The van der Waals surface area contributed by atoms with E-state index in [1.165, 1.54) is 24.2 Å². The number of rotatable bonds is 6. The standard InChI is InChI=1S/C20H28FNO3S2/c1-15(18-9-5-6-10-19(18)21)26-13-20(23)22(16-7-3-2-4-8-16)17-11-12-27(24,25)14-17/h5-6,9-10,15-17H,2-4,7-8,11-14H2,1H3. The van der Waals surface area contributed by atoms with Crippen LogP contribution in [0.4, 0.5) is 4.39 Å². The number of hydrogen-bond donors (Lipinski definition) is 0. The lowest BCUT2D eigenvalue weighted by Crippen LogP contribution is -2.49. The summed E-state index contributed by atoms with van der Waals surface area (Å²) in [6.07, 6.45) is 5.81. The van der Waals surface area contributed by atoms with Crippen LogP contribution in [0.25, 0.3) is 0 Å². The lowest BCUT2D eigenvalue weighted by Gasteiger charge is -2.38. The van der Waals surface area contributed by atoms with Crippen LogP contribution in [0.5, 0.6) is 0 Å². The second kappa shape index (κ2) is 8.95. The Morgan fingerprint density at radius 1 is 1.19 bits per heavy atom. The first-order valence-corrected chi connectivity index (χ1v) is 12.6. The molecule has 1 saturated heterocycles. The average Bonchev–Trinajstić information content (AvgIpc) is 3.00. The van der Waals surface area contributed by atoms with Gasteiger partial charge in [-0.1, -0.05) is 37.5 Å². The predicted octanol–water partition coefficient (Wildman–Crippen LogP) is 3.97. The number of thioether (sulfide) groups is 1. The van der Waals surface area contributed by atoms with Crippen molar-refractivity contribution in [3.05, 3.63) is 35.6 Å². The summed E-state index contributed by atoms with van der Waals surface area (Å²) in [5.41, 5.74) is 0.600. The van der Waals surface area contributed by atoms with E-state index in [1.54, 1.807) is 18.2 Å². The number of carbonyl (C=O) groups excluding carboxylic acids is 1. The van der Waals surface area contributed by atoms with Crippen molar-refractivity contribution < 1.29 is 17.6 Å². The lowest BCUT2D eigenvalue weighted by atomic mass is 9.93. The van der Waals surface area contributed by atoms with Gasteiger partial charge in [0.15, 0.2) is 9.84 Å². The van der Waals surface area contributed by atoms with Crippen LogP contribution >= 0.6 is 11.8 Å². The summed E-state index contributed by atoms with van der Waals surface area (Å²) >= 11 is 1.42. The summed E-state index contributed by atoms with van der Waals surface area (Å²) in [5.74, 6) is 0.256. The van der Waals surface area contributed by atoms with Crippen LogP contribution < -0.4 is 0 Å². The van der Waals surface area contributed by atoms with E-state index >= 15 is 0 Å². The summed E-state index contributed by atoms with van der Waals surface area (Å²) in [6, 6.07) is 6.59. The Kier molecular flexibility index (Phi) is 6.84. The number of hydrogen-bond acceptors (Lipinski definition) is 4. The van der Waals surface area contributed by atoms with E-state index < -0.39 is 9.84 Å². The van der Waals surface area contributed by atoms with E-state index in [9.17, 15) is 17.6 Å². The van der Waals surface area contributed by atoms with Crippen LogP contribution in [0.15, 0.2) is 24.3 Å². The SMILES string of the molecule is CC(SCC(=O)N(C1CCCCC1)C1CCS(=O)(=O)C1)c1ccccc1F. The van der Waals surface area contributed by atoms with Crippen molar-refractivity contribution in [2.45, 2.75) is 62.8 Å². The Bertz CT molecular complexity index is 762. The minimum absolute atomic E-state index is 0.00260. The maximum atomic E-state index is 14.0. The van der Waals surface area contributed by atoms with Crippen molar-refractivity contribution in [1.82, 2.24) is 4.90 Å². The van der Waals surface area contributed by atoms with Gasteiger partial charge in [-0.05, 0) is 32.3 Å². The number of amides is 1. The molecule has 1 aromatic carbocycles. The van der Waals surface area contributed by atoms with Crippen LogP contribution in [0.2, 0.25) is 0 Å². The van der Waals surface area contributed by atoms with Crippen molar-refractivity contribution in [2.24, 2.45) is 0 Å². The van der Waals surface area contributed by atoms with Crippen molar-refractivity contribution in [1.29, 1.82) is 0 Å². The van der Waals surface area contributed by atoms with E-state index in [-0.39, 0.29) is 46.3 Å². The molecule has 3 rings (SSSR count). The van der Waals surface area contributed by atoms with Crippen LogP contribution in [0.3, 0.4) is 0 Å². The Balaban J connectivity index is 1.68. The highest BCUT2D eigenvalue weighted by molar-refractivity contribution is 8.00. The zero-order valence-electron chi connectivity index (χ0n) is 15.8. The summed E-state index contributed by atoms with van der Waals surface area (Å²) in [7, 11) is -3.04. The topological polar surface area (TPSA) is 54.5 Å². The van der Waals surface area contributed by atoms with E-state index in [0.29, 0.717) is 12.0 Å². The molecule has 2 aliphatic rings. The maximum absolute atomic E-state index is 14.0. The summed E-state index contributed by atoms with van der Waals surface area (Å²) < 4.78 is 37.9. The van der Waals surface area contributed by atoms with E-state index in [0.717, 1.165) is 25.7 Å². The molecule has 1 saturated carbocycles. The third kappa shape index (κ3) is 5.25. The Morgan fingerprint density at radius 3 is 2.52 bits per heavy atom. The van der Waals surface area contributed by atoms with Gasteiger partial charge in [0, 0.05) is 22.9 Å². The highest BCUT2D eigenvalue weighted by atomic mass is 32.2. The van der Waals surface area contributed by atoms with Gasteiger partial charge in [-0.2, -0.15) is 0 Å². The molecule has 2 unspecified atom stereocenters. The molecule has 2 atom stereocenters. The highest BCUT2D eigenvalue weighted by Gasteiger charge is 2.38. The molecular formula is C20H28FNO3S2. The molecule has 150 valence electrons. The van der Waals surface area contributed by atoms with E-state index in [1.807, 2.05) is 11.8 Å². The van der Waals surface area contributed by atoms with Gasteiger partial charge in [-0.25, -0.2) is 12.8 Å². The van der Waals surface area contributed by atoms with Crippen molar-refractivity contribution >= 4 is 27.5 Å². The minimum atomic E-state index is -3.04. The largest absolute Gasteiger partial charge is 0.335 e. The summed E-state index contributed by atoms with van der Waals surface area (Å²) in [4.78, 5) is 15.0. The molecule has 0 bridgehead atoms. The van der Waals surface area contributed by atoms with E-state index in [2.05, 4.69) is 0 Å². The van der Waals surface area contributed by atoms with Gasteiger partial charge in [0.25, 0.3) is 0 Å². The molecule has 0 aromatic heterocycles. The molecule has 0 spiro atoms. The maximum Gasteiger partial charge on any atom is 0.233 e. The normalized spacial score (nSPS) is 23.9. The fraction of sp³-hybridized carbons (Fsp3) is 0.650. The monoisotopic (exact) mass is 413 g/mol. The molecule has 4 nitrogen and oxygen atoms in total. The molecular weight excluding hydrogens is 385 g/mol. The number of benzene rings is 1. The number of nitrogens with zero attached hydrogens (tertiary/aromatic N) is 1. The quantitative estimate of drug-likeness (QED) is 0.708. The van der Waals surface area contributed by atoms with Crippen molar-refractivity contribution in [3.8, 4) is 0 Å². The van der Waals surface area contributed by atoms with E-state index in [4.69, 9.17) is 0 Å². The highest BCUT2D eigenvalue weighted by Crippen LogP contribution is 2.33. The van der Waals surface area contributed by atoms with Gasteiger partial charge < -0.3 is 4.90 Å². The molecule has 2 fully saturated rings. The first-order valence-electron chi connectivity index (χ1n) is 9.75. The predicted molar refractivity (Wildman–Crippen MR) is 108 cm³/mol. The molecule has 0 N–H and O–H groups in total. The number of carbonyl (C=O) groups is 1. The smallest absolute Gasteiger partial charge is 0.233 e. The molecule has 27 heavy (non-hydrogen) atoms. The fourth-order valence-corrected chi connectivity index (χ4v) is 6.85. The molecule has 1 amide bonds. The van der Waals surface area contributed by atoms with Gasteiger partial charge in [-0.15, -0.1) is 11.8 Å². The van der Waals surface area contributed by atoms with Crippen LogP contribution in [0.1, 0.15) is 56.3 Å². The second-order valence-electron chi connectivity index (χ2n) is 7.62. The van der Waals surface area contributed by atoms with Crippen LogP contribution in [0, 0.1) is 5.82 Å². The molecule has 1 aromatic rings.